The maximum absolute atomic E-state index is 2.89. The van der Waals surface area contributed by atoms with Gasteiger partial charge in [-0.3, -0.25) is 0 Å². The van der Waals surface area contributed by atoms with Crippen LogP contribution in [0.5, 0.6) is 0 Å². The van der Waals surface area contributed by atoms with Crippen molar-refractivity contribution in [3.05, 3.63) is 30.6 Å². The molecule has 2 nitrogen and oxygen atoms in total. The summed E-state index contributed by atoms with van der Waals surface area (Å²) in [5, 5.41) is 0. The Bertz CT molecular complexity index is 144. The van der Waals surface area contributed by atoms with Gasteiger partial charge in [0.05, 0.1) is 0 Å². The molecule has 0 bridgehead atoms. The first-order valence-electron chi connectivity index (χ1n) is 4.98. The zero-order chi connectivity index (χ0) is 9.94. The Kier molecular flexibility index (Phi) is 14.0. The van der Waals surface area contributed by atoms with E-state index < -0.39 is 0 Å². The van der Waals surface area contributed by atoms with Crippen LogP contribution in [-0.2, 0) is 0 Å². The number of nitrogens with zero attached hydrogens (tertiary/aromatic N) is 1. The maximum atomic E-state index is 2.89. The third-order valence-corrected chi connectivity index (χ3v) is 1.95. The van der Waals surface area contributed by atoms with E-state index in [2.05, 4.69) is 30.7 Å². The molecule has 14 heavy (non-hydrogen) atoms. The number of nitrogens with one attached hydrogen (secondary N) is 1. The minimum atomic E-state index is 0. The molecule has 0 unspecified atom stereocenters. The van der Waals surface area contributed by atoms with Crippen LogP contribution in [0.3, 0.4) is 0 Å². The number of H-pyrrole nitrogens is 1. The van der Waals surface area contributed by atoms with E-state index in [9.17, 15) is 0 Å². The number of halogens is 1. The molecule has 0 aliphatic carbocycles. The standard InChI is InChI=1S/C6H15N.C5H5N.ClH/c1-4-7(5-2)6-3;1-2-4-6-5-3-1;/h4-6H2,1-3H3;1-5H;1H. The molecule has 1 heterocycles. The van der Waals surface area contributed by atoms with Crippen LogP contribution in [0, 0.1) is 0 Å². The van der Waals surface area contributed by atoms with Crippen molar-refractivity contribution < 1.29 is 17.4 Å². The summed E-state index contributed by atoms with van der Waals surface area (Å²) in [5.74, 6) is 0. The molecule has 3 heteroatoms. The van der Waals surface area contributed by atoms with Crippen LogP contribution in [0.4, 0.5) is 0 Å². The van der Waals surface area contributed by atoms with Gasteiger partial charge < -0.3 is 17.3 Å². The van der Waals surface area contributed by atoms with Crippen molar-refractivity contribution in [3.8, 4) is 0 Å². The van der Waals surface area contributed by atoms with E-state index in [4.69, 9.17) is 0 Å². The number of rotatable bonds is 3. The summed E-state index contributed by atoms with van der Waals surface area (Å²) < 4.78 is 0. The summed E-state index contributed by atoms with van der Waals surface area (Å²) in [7, 11) is 0. The van der Waals surface area contributed by atoms with Gasteiger partial charge >= 0.3 is 0 Å². The second-order valence-electron chi connectivity index (χ2n) is 2.70. The fraction of sp³-hybridized carbons (Fsp3) is 0.545. The van der Waals surface area contributed by atoms with E-state index in [1.165, 1.54) is 19.6 Å². The fourth-order valence-corrected chi connectivity index (χ4v) is 1.01. The molecule has 1 aromatic rings. The number of aromatic nitrogens is 1. The average molecular weight is 217 g/mol. The van der Waals surface area contributed by atoms with Crippen LogP contribution in [0.1, 0.15) is 20.8 Å². The van der Waals surface area contributed by atoms with Gasteiger partial charge in [0.25, 0.3) is 0 Å². The van der Waals surface area contributed by atoms with Gasteiger partial charge in [-0.05, 0) is 19.6 Å². The van der Waals surface area contributed by atoms with Gasteiger partial charge in [0.15, 0.2) is 12.4 Å². The van der Waals surface area contributed by atoms with Crippen molar-refractivity contribution in [2.45, 2.75) is 20.8 Å². The molecule has 82 valence electrons. The molecule has 1 rings (SSSR count). The van der Waals surface area contributed by atoms with Crippen molar-refractivity contribution >= 4 is 0 Å². The van der Waals surface area contributed by atoms with Gasteiger partial charge in [-0.25, -0.2) is 4.98 Å². The molecule has 1 aromatic heterocycles. The summed E-state index contributed by atoms with van der Waals surface area (Å²) in [6.45, 7) is 10.1. The van der Waals surface area contributed by atoms with Crippen LogP contribution < -0.4 is 17.4 Å². The molecule has 0 saturated heterocycles. The first-order chi connectivity index (χ1) is 6.35. The first kappa shape index (κ1) is 15.9. The Hall–Kier alpha value is -0.600. The molecule has 0 aromatic carbocycles. The van der Waals surface area contributed by atoms with Crippen LogP contribution in [0.2, 0.25) is 0 Å². The maximum Gasteiger partial charge on any atom is 0.166 e. The monoisotopic (exact) mass is 216 g/mol. The fourth-order valence-electron chi connectivity index (χ4n) is 1.01. The highest BCUT2D eigenvalue weighted by Crippen LogP contribution is 1.81. The van der Waals surface area contributed by atoms with Crippen LogP contribution in [0.25, 0.3) is 0 Å². The highest BCUT2D eigenvalue weighted by atomic mass is 35.5. The third kappa shape index (κ3) is 9.49. The van der Waals surface area contributed by atoms with Crippen LogP contribution in [0.15, 0.2) is 30.6 Å². The minimum Gasteiger partial charge on any atom is -1.00 e. The Morgan fingerprint density at radius 3 is 1.36 bits per heavy atom. The Morgan fingerprint density at radius 2 is 1.29 bits per heavy atom. The summed E-state index contributed by atoms with van der Waals surface area (Å²) >= 11 is 0. The molecule has 1 N–H and O–H groups in total. The Labute approximate surface area is 93.8 Å². The van der Waals surface area contributed by atoms with Crippen molar-refractivity contribution in [1.82, 2.24) is 4.90 Å². The zero-order valence-electron chi connectivity index (χ0n) is 9.33. The average Bonchev–Trinajstić information content (AvgIpc) is 2.24. The highest BCUT2D eigenvalue weighted by molar-refractivity contribution is 4.82. The van der Waals surface area contributed by atoms with Gasteiger partial charge in [0, 0.05) is 12.1 Å². The SMILES string of the molecule is CCN(CC)CC.[Cl-].c1cc[nH+]cc1. The summed E-state index contributed by atoms with van der Waals surface area (Å²) in [6, 6.07) is 5.86. The lowest BCUT2D eigenvalue weighted by Gasteiger charge is -2.13. The molecule has 0 fully saturated rings. The van der Waals surface area contributed by atoms with Crippen LogP contribution >= 0.6 is 0 Å². The topological polar surface area (TPSA) is 17.4 Å². The molecule has 0 amide bonds. The number of hydrogen-bond donors (Lipinski definition) is 0. The van der Waals surface area contributed by atoms with Crippen molar-refractivity contribution in [2.75, 3.05) is 19.6 Å². The van der Waals surface area contributed by atoms with E-state index >= 15 is 0 Å². The predicted molar refractivity (Wildman–Crippen MR) is 56.5 cm³/mol. The first-order valence-corrected chi connectivity index (χ1v) is 4.98. The van der Waals surface area contributed by atoms with Crippen molar-refractivity contribution in [3.63, 3.8) is 0 Å². The summed E-state index contributed by atoms with van der Waals surface area (Å²) in [5.41, 5.74) is 0. The quantitative estimate of drug-likeness (QED) is 0.624. The lowest BCUT2D eigenvalue weighted by Crippen LogP contribution is -3.00. The number of aromatic amines is 1. The molecule has 0 saturated carbocycles. The Morgan fingerprint density at radius 1 is 0.857 bits per heavy atom. The normalized spacial score (nSPS) is 8.57. The van der Waals surface area contributed by atoms with Crippen molar-refractivity contribution in [2.24, 2.45) is 0 Å². The third-order valence-electron chi connectivity index (χ3n) is 1.95. The predicted octanol–water partition coefficient (Wildman–Crippen LogP) is -1.15. The number of hydrogen-bond acceptors (Lipinski definition) is 1. The summed E-state index contributed by atoms with van der Waals surface area (Å²) in [6.07, 6.45) is 3.75. The van der Waals surface area contributed by atoms with E-state index in [-0.39, 0.29) is 12.4 Å². The van der Waals surface area contributed by atoms with Gasteiger partial charge in [-0.2, -0.15) is 0 Å². The van der Waals surface area contributed by atoms with E-state index in [1.54, 1.807) is 0 Å². The highest BCUT2D eigenvalue weighted by Gasteiger charge is 1.89. The molecule has 0 atom stereocenters. The van der Waals surface area contributed by atoms with E-state index in [1.807, 2.05) is 30.6 Å². The van der Waals surface area contributed by atoms with Crippen molar-refractivity contribution in [1.29, 1.82) is 0 Å². The molecular formula is C11H21ClN2. The van der Waals surface area contributed by atoms with Gasteiger partial charge in [0.1, 0.15) is 0 Å². The molecule has 0 spiro atoms. The second-order valence-corrected chi connectivity index (χ2v) is 2.70. The molecular weight excluding hydrogens is 196 g/mol. The lowest BCUT2D eigenvalue weighted by molar-refractivity contribution is -0.377. The van der Waals surface area contributed by atoms with E-state index in [0.717, 1.165) is 0 Å². The van der Waals surface area contributed by atoms with Gasteiger partial charge in [0.2, 0.25) is 0 Å². The molecule has 0 aliphatic heterocycles. The summed E-state index contributed by atoms with van der Waals surface area (Å²) in [4.78, 5) is 5.27. The lowest BCUT2D eigenvalue weighted by atomic mass is 10.5. The van der Waals surface area contributed by atoms with E-state index in [0.29, 0.717) is 0 Å². The van der Waals surface area contributed by atoms with Crippen LogP contribution in [-0.4, -0.2) is 24.5 Å². The van der Waals surface area contributed by atoms with Gasteiger partial charge in [-0.1, -0.05) is 26.8 Å². The molecule has 0 radical (unpaired) electrons. The zero-order valence-corrected chi connectivity index (χ0v) is 10.1. The molecule has 0 aliphatic rings. The smallest absolute Gasteiger partial charge is 0.166 e. The Balaban J connectivity index is 0. The largest absolute Gasteiger partial charge is 1.00 e. The minimum absolute atomic E-state index is 0. The van der Waals surface area contributed by atoms with Gasteiger partial charge in [-0.15, -0.1) is 0 Å². The number of pyridine rings is 1. The second kappa shape index (κ2) is 12.4.